The summed E-state index contributed by atoms with van der Waals surface area (Å²) in [4.78, 5) is 36.6. The minimum absolute atomic E-state index is 0.0339. The Morgan fingerprint density at radius 1 is 0.880 bits per heavy atom. The smallest absolute Gasteiger partial charge is 0.257 e. The number of carbonyl (C=O) groups excluding carboxylic acids is 2. The van der Waals surface area contributed by atoms with E-state index in [1.807, 2.05) is 0 Å². The molecule has 1 saturated heterocycles. The van der Waals surface area contributed by atoms with Crippen LogP contribution in [-0.4, -0.2) is 64.9 Å². The van der Waals surface area contributed by atoms with Crippen LogP contribution in [0.15, 0.2) is 36.7 Å². The van der Waals surface area contributed by atoms with E-state index >= 15 is 0 Å². The van der Waals surface area contributed by atoms with Gasteiger partial charge in [-0.05, 0) is 31.2 Å². The van der Waals surface area contributed by atoms with Crippen LogP contribution in [0.25, 0.3) is 0 Å². The normalized spacial score (nSPS) is 14.3. The lowest BCUT2D eigenvalue weighted by atomic mass is 10.1. The molecule has 7 nitrogen and oxygen atoms in total. The lowest BCUT2D eigenvalue weighted by molar-refractivity contribution is 0.0535. The summed E-state index contributed by atoms with van der Waals surface area (Å²) in [5.74, 6) is 1.21. The molecule has 130 valence electrons. The van der Waals surface area contributed by atoms with Crippen molar-refractivity contribution >= 4 is 11.8 Å². The average molecular weight is 340 g/mol. The van der Waals surface area contributed by atoms with Gasteiger partial charge in [-0.3, -0.25) is 9.59 Å². The summed E-state index contributed by atoms with van der Waals surface area (Å²) >= 11 is 0. The second-order valence-electron chi connectivity index (χ2n) is 5.83. The fourth-order valence-corrected chi connectivity index (χ4v) is 2.71. The molecule has 1 aromatic heterocycles. The van der Waals surface area contributed by atoms with Crippen LogP contribution in [0.5, 0.6) is 5.75 Å². The van der Waals surface area contributed by atoms with E-state index in [4.69, 9.17) is 4.74 Å². The van der Waals surface area contributed by atoms with Gasteiger partial charge in [-0.2, -0.15) is 0 Å². The maximum atomic E-state index is 12.5. The lowest BCUT2D eigenvalue weighted by Crippen LogP contribution is -2.50. The largest absolute Gasteiger partial charge is 0.497 e. The molecule has 0 radical (unpaired) electrons. The molecule has 0 aliphatic carbocycles. The molecule has 0 saturated carbocycles. The van der Waals surface area contributed by atoms with Crippen molar-refractivity contribution in [3.05, 3.63) is 53.6 Å². The Labute approximate surface area is 146 Å². The monoisotopic (exact) mass is 340 g/mol. The average Bonchev–Trinajstić information content (AvgIpc) is 2.67. The van der Waals surface area contributed by atoms with E-state index in [1.54, 1.807) is 60.5 Å². The van der Waals surface area contributed by atoms with E-state index in [2.05, 4.69) is 9.97 Å². The summed E-state index contributed by atoms with van der Waals surface area (Å²) in [6.45, 7) is 3.77. The molecule has 7 heteroatoms. The predicted molar refractivity (Wildman–Crippen MR) is 91.6 cm³/mol. The van der Waals surface area contributed by atoms with E-state index < -0.39 is 0 Å². The minimum Gasteiger partial charge on any atom is -0.497 e. The van der Waals surface area contributed by atoms with Gasteiger partial charge >= 0.3 is 0 Å². The number of rotatable bonds is 3. The van der Waals surface area contributed by atoms with Crippen molar-refractivity contribution in [1.29, 1.82) is 0 Å². The first-order valence-corrected chi connectivity index (χ1v) is 8.10. The van der Waals surface area contributed by atoms with E-state index in [0.29, 0.717) is 48.9 Å². The fourth-order valence-electron chi connectivity index (χ4n) is 2.71. The number of nitrogens with zero attached hydrogens (tertiary/aromatic N) is 4. The zero-order chi connectivity index (χ0) is 17.8. The van der Waals surface area contributed by atoms with Crippen LogP contribution in [0.1, 0.15) is 26.5 Å². The number of piperazine rings is 1. The Kier molecular flexibility index (Phi) is 4.92. The van der Waals surface area contributed by atoms with Gasteiger partial charge in [-0.1, -0.05) is 0 Å². The number of aryl methyl sites for hydroxylation is 1. The van der Waals surface area contributed by atoms with E-state index in [1.165, 1.54) is 0 Å². The summed E-state index contributed by atoms with van der Waals surface area (Å²) in [6.07, 6.45) is 3.08. The highest BCUT2D eigenvalue weighted by Crippen LogP contribution is 2.15. The van der Waals surface area contributed by atoms with Crippen LogP contribution in [0, 0.1) is 6.92 Å². The molecule has 2 heterocycles. The van der Waals surface area contributed by atoms with Gasteiger partial charge in [0, 0.05) is 44.1 Å². The first-order chi connectivity index (χ1) is 12.1. The van der Waals surface area contributed by atoms with E-state index in [9.17, 15) is 9.59 Å². The van der Waals surface area contributed by atoms with Gasteiger partial charge < -0.3 is 14.5 Å². The summed E-state index contributed by atoms with van der Waals surface area (Å²) in [5.41, 5.74) is 1.09. The van der Waals surface area contributed by atoms with Crippen molar-refractivity contribution in [2.24, 2.45) is 0 Å². The van der Waals surface area contributed by atoms with Gasteiger partial charge in [0.15, 0.2) is 0 Å². The second kappa shape index (κ2) is 7.29. The Morgan fingerprint density at radius 3 is 1.84 bits per heavy atom. The summed E-state index contributed by atoms with van der Waals surface area (Å²) in [7, 11) is 1.59. The number of hydrogen-bond acceptors (Lipinski definition) is 5. The molecule has 2 aromatic rings. The van der Waals surface area contributed by atoms with Gasteiger partial charge in [-0.25, -0.2) is 9.97 Å². The number of amides is 2. The van der Waals surface area contributed by atoms with Gasteiger partial charge in [0.2, 0.25) is 0 Å². The topological polar surface area (TPSA) is 75.6 Å². The second-order valence-corrected chi connectivity index (χ2v) is 5.83. The van der Waals surface area contributed by atoms with Crippen LogP contribution >= 0.6 is 0 Å². The number of benzene rings is 1. The van der Waals surface area contributed by atoms with E-state index in [-0.39, 0.29) is 11.8 Å². The number of ether oxygens (including phenoxy) is 1. The summed E-state index contributed by atoms with van der Waals surface area (Å²) in [6, 6.07) is 7.04. The first kappa shape index (κ1) is 16.9. The first-order valence-electron chi connectivity index (χ1n) is 8.10. The van der Waals surface area contributed by atoms with Gasteiger partial charge in [0.05, 0.1) is 12.7 Å². The Morgan fingerprint density at radius 2 is 1.36 bits per heavy atom. The van der Waals surface area contributed by atoms with Crippen LogP contribution in [-0.2, 0) is 0 Å². The summed E-state index contributed by atoms with van der Waals surface area (Å²) < 4.78 is 5.10. The molecule has 3 rings (SSSR count). The highest BCUT2D eigenvalue weighted by molar-refractivity contribution is 5.95. The van der Waals surface area contributed by atoms with Crippen LogP contribution in [0.2, 0.25) is 0 Å². The number of aromatic nitrogens is 2. The van der Waals surface area contributed by atoms with E-state index in [0.717, 1.165) is 0 Å². The molecule has 2 amide bonds. The van der Waals surface area contributed by atoms with Crippen molar-refractivity contribution in [2.45, 2.75) is 6.92 Å². The number of carbonyl (C=O) groups is 2. The van der Waals surface area contributed by atoms with Crippen LogP contribution in [0.3, 0.4) is 0 Å². The number of hydrogen-bond donors (Lipinski definition) is 0. The zero-order valence-electron chi connectivity index (χ0n) is 14.3. The Hall–Kier alpha value is -2.96. The molecule has 0 atom stereocenters. The lowest BCUT2D eigenvalue weighted by Gasteiger charge is -2.34. The van der Waals surface area contributed by atoms with Crippen molar-refractivity contribution in [2.75, 3.05) is 33.3 Å². The molecule has 1 aliphatic heterocycles. The molecule has 0 unspecified atom stereocenters. The molecule has 1 aliphatic rings. The Balaban J connectivity index is 1.60. The maximum Gasteiger partial charge on any atom is 0.257 e. The Bertz CT molecular complexity index is 751. The molecule has 0 bridgehead atoms. The zero-order valence-corrected chi connectivity index (χ0v) is 14.3. The van der Waals surface area contributed by atoms with Gasteiger partial charge in [0.25, 0.3) is 11.8 Å². The van der Waals surface area contributed by atoms with Crippen LogP contribution in [0.4, 0.5) is 0 Å². The van der Waals surface area contributed by atoms with Crippen molar-refractivity contribution in [1.82, 2.24) is 19.8 Å². The molecule has 25 heavy (non-hydrogen) atoms. The third-order valence-electron chi connectivity index (χ3n) is 4.22. The molecule has 0 N–H and O–H groups in total. The van der Waals surface area contributed by atoms with Crippen molar-refractivity contribution in [3.8, 4) is 5.75 Å². The molecular formula is C18H20N4O3. The quantitative estimate of drug-likeness (QED) is 0.844. The molecule has 1 fully saturated rings. The third-order valence-corrected chi connectivity index (χ3v) is 4.22. The van der Waals surface area contributed by atoms with Crippen molar-refractivity contribution < 1.29 is 14.3 Å². The molecular weight excluding hydrogens is 320 g/mol. The third kappa shape index (κ3) is 3.76. The maximum absolute atomic E-state index is 12.5. The fraction of sp³-hybridized carbons (Fsp3) is 0.333. The summed E-state index contributed by atoms with van der Waals surface area (Å²) in [5, 5.41) is 0. The highest BCUT2D eigenvalue weighted by atomic mass is 16.5. The number of methoxy groups -OCH3 is 1. The predicted octanol–water partition coefficient (Wildman–Crippen LogP) is 1.39. The van der Waals surface area contributed by atoms with Crippen molar-refractivity contribution in [3.63, 3.8) is 0 Å². The molecule has 1 aromatic carbocycles. The van der Waals surface area contributed by atoms with Gasteiger partial charge in [-0.15, -0.1) is 0 Å². The highest BCUT2D eigenvalue weighted by Gasteiger charge is 2.25. The van der Waals surface area contributed by atoms with Crippen LogP contribution < -0.4 is 4.74 Å². The SMILES string of the molecule is COc1ccc(C(=O)N2CCN(C(=O)c3cnc(C)nc3)CC2)cc1. The minimum atomic E-state index is -0.100. The molecule has 0 spiro atoms. The standard InChI is InChI=1S/C18H20N4O3/c1-13-19-11-15(12-20-13)18(24)22-9-7-21(8-10-22)17(23)14-3-5-16(25-2)6-4-14/h3-6,11-12H,7-10H2,1-2H3. The van der Waals surface area contributed by atoms with Gasteiger partial charge in [0.1, 0.15) is 11.6 Å².